The van der Waals surface area contributed by atoms with Crippen molar-refractivity contribution in [3.05, 3.63) is 12.2 Å². The Morgan fingerprint density at radius 3 is 2.94 bits per heavy atom. The summed E-state index contributed by atoms with van der Waals surface area (Å²) in [6.45, 7) is 1.13. The third kappa shape index (κ3) is 2.49. The number of nitriles is 1. The highest BCUT2D eigenvalue weighted by Crippen LogP contribution is 2.29. The molecule has 1 amide bonds. The molecule has 0 radical (unpaired) electrons. The Hall–Kier alpha value is -1.94. The van der Waals surface area contributed by atoms with Gasteiger partial charge in [-0.2, -0.15) is 10.4 Å². The summed E-state index contributed by atoms with van der Waals surface area (Å²) in [6, 6.07) is 2.12. The van der Waals surface area contributed by atoms with E-state index in [4.69, 9.17) is 4.74 Å². The van der Waals surface area contributed by atoms with Crippen LogP contribution in [0.4, 0.5) is 0 Å². The van der Waals surface area contributed by atoms with Gasteiger partial charge in [-0.15, -0.1) is 0 Å². The Morgan fingerprint density at radius 1 is 1.67 bits per heavy atom. The van der Waals surface area contributed by atoms with E-state index in [9.17, 15) is 10.1 Å². The number of nitrogens with zero attached hydrogens (tertiary/aromatic N) is 4. The summed E-state index contributed by atoms with van der Waals surface area (Å²) in [7, 11) is 1.76. The SMILES string of the molecule is Cn1cnc(CNC(=O)C2(C#N)CCOCC2)n1. The fourth-order valence-electron chi connectivity index (χ4n) is 1.90. The van der Waals surface area contributed by atoms with Gasteiger partial charge in [0, 0.05) is 20.3 Å². The van der Waals surface area contributed by atoms with Crippen LogP contribution in [0.2, 0.25) is 0 Å². The van der Waals surface area contributed by atoms with Gasteiger partial charge in [-0.3, -0.25) is 9.48 Å². The zero-order chi connectivity index (χ0) is 13.0. The lowest BCUT2D eigenvalue weighted by molar-refractivity contribution is -0.132. The van der Waals surface area contributed by atoms with Crippen molar-refractivity contribution in [3.63, 3.8) is 0 Å². The van der Waals surface area contributed by atoms with Crippen molar-refractivity contribution >= 4 is 5.91 Å². The second kappa shape index (κ2) is 5.14. The van der Waals surface area contributed by atoms with Crippen molar-refractivity contribution < 1.29 is 9.53 Å². The van der Waals surface area contributed by atoms with Crippen LogP contribution < -0.4 is 5.32 Å². The Morgan fingerprint density at radius 2 is 2.39 bits per heavy atom. The largest absolute Gasteiger partial charge is 0.381 e. The van der Waals surface area contributed by atoms with E-state index < -0.39 is 5.41 Å². The highest BCUT2D eigenvalue weighted by molar-refractivity contribution is 5.85. The molecule has 0 saturated carbocycles. The molecular formula is C11H15N5O2. The molecule has 96 valence electrons. The molecule has 7 heteroatoms. The number of nitrogens with one attached hydrogen (secondary N) is 1. The number of aryl methyl sites for hydroxylation is 1. The van der Waals surface area contributed by atoms with Crippen LogP contribution in [0.25, 0.3) is 0 Å². The minimum Gasteiger partial charge on any atom is -0.381 e. The van der Waals surface area contributed by atoms with Crippen molar-refractivity contribution in [1.29, 1.82) is 5.26 Å². The van der Waals surface area contributed by atoms with Crippen molar-refractivity contribution in [2.45, 2.75) is 19.4 Å². The van der Waals surface area contributed by atoms with Gasteiger partial charge in [0.1, 0.15) is 11.7 Å². The Kier molecular flexibility index (Phi) is 3.58. The molecule has 18 heavy (non-hydrogen) atoms. The van der Waals surface area contributed by atoms with Crippen LogP contribution >= 0.6 is 0 Å². The normalized spacial score (nSPS) is 18.0. The van der Waals surface area contributed by atoms with E-state index in [0.717, 1.165) is 0 Å². The predicted octanol–water partition coefficient (Wildman–Crippen LogP) is -0.248. The monoisotopic (exact) mass is 249 g/mol. The lowest BCUT2D eigenvalue weighted by Gasteiger charge is -2.28. The van der Waals surface area contributed by atoms with E-state index in [1.54, 1.807) is 18.1 Å². The van der Waals surface area contributed by atoms with E-state index in [1.807, 2.05) is 0 Å². The van der Waals surface area contributed by atoms with Crippen LogP contribution in [0, 0.1) is 16.7 Å². The maximum Gasteiger partial charge on any atom is 0.241 e. The first-order valence-corrected chi connectivity index (χ1v) is 5.78. The van der Waals surface area contributed by atoms with Gasteiger partial charge in [0.2, 0.25) is 5.91 Å². The topological polar surface area (TPSA) is 92.8 Å². The molecule has 1 aromatic heterocycles. The van der Waals surface area contributed by atoms with E-state index in [1.165, 1.54) is 0 Å². The van der Waals surface area contributed by atoms with Gasteiger partial charge in [-0.05, 0) is 12.8 Å². The summed E-state index contributed by atoms with van der Waals surface area (Å²) in [5, 5.41) is 16.0. The molecule has 0 unspecified atom stereocenters. The lowest BCUT2D eigenvalue weighted by Crippen LogP contribution is -2.43. The zero-order valence-corrected chi connectivity index (χ0v) is 10.2. The Labute approximate surface area is 105 Å². The Bertz CT molecular complexity index is 470. The van der Waals surface area contributed by atoms with E-state index >= 15 is 0 Å². The smallest absolute Gasteiger partial charge is 0.241 e. The van der Waals surface area contributed by atoms with Crippen molar-refractivity contribution in [2.75, 3.05) is 13.2 Å². The molecule has 0 bridgehead atoms. The first-order chi connectivity index (χ1) is 8.66. The number of hydrogen-bond acceptors (Lipinski definition) is 5. The van der Waals surface area contributed by atoms with Gasteiger partial charge in [-0.1, -0.05) is 0 Å². The van der Waals surface area contributed by atoms with Crippen molar-refractivity contribution in [3.8, 4) is 6.07 Å². The number of carbonyl (C=O) groups excluding carboxylic acids is 1. The molecular weight excluding hydrogens is 234 g/mol. The van der Waals surface area contributed by atoms with Gasteiger partial charge in [0.15, 0.2) is 5.82 Å². The third-order valence-corrected chi connectivity index (χ3v) is 3.05. The summed E-state index contributed by atoms with van der Waals surface area (Å²) in [5.74, 6) is 0.270. The van der Waals surface area contributed by atoms with E-state index in [0.29, 0.717) is 31.9 Å². The first kappa shape index (κ1) is 12.5. The van der Waals surface area contributed by atoms with Crippen molar-refractivity contribution in [1.82, 2.24) is 20.1 Å². The van der Waals surface area contributed by atoms with Crippen molar-refractivity contribution in [2.24, 2.45) is 12.5 Å². The maximum atomic E-state index is 12.1. The minimum atomic E-state index is -0.965. The van der Waals surface area contributed by atoms with Crippen LogP contribution in [-0.2, 0) is 23.1 Å². The van der Waals surface area contributed by atoms with Crippen LogP contribution in [-0.4, -0.2) is 33.9 Å². The molecule has 1 aliphatic heterocycles. The number of hydrogen-bond donors (Lipinski definition) is 1. The zero-order valence-electron chi connectivity index (χ0n) is 10.2. The highest BCUT2D eigenvalue weighted by Gasteiger charge is 2.40. The van der Waals surface area contributed by atoms with Crippen LogP contribution in [0.5, 0.6) is 0 Å². The lowest BCUT2D eigenvalue weighted by atomic mass is 9.81. The standard InChI is InChI=1S/C11H15N5O2/c1-16-8-14-9(15-16)6-13-10(17)11(7-12)2-4-18-5-3-11/h8H,2-6H2,1H3,(H,13,17). The van der Waals surface area contributed by atoms with Crippen LogP contribution in [0.15, 0.2) is 6.33 Å². The minimum absolute atomic E-state index is 0.240. The van der Waals surface area contributed by atoms with E-state index in [2.05, 4.69) is 21.5 Å². The number of carbonyl (C=O) groups is 1. The molecule has 1 fully saturated rings. The van der Waals surface area contributed by atoms with Crippen LogP contribution in [0.1, 0.15) is 18.7 Å². The van der Waals surface area contributed by atoms with Crippen LogP contribution in [0.3, 0.4) is 0 Å². The van der Waals surface area contributed by atoms with E-state index in [-0.39, 0.29) is 12.5 Å². The molecule has 1 aliphatic rings. The Balaban J connectivity index is 1.96. The summed E-state index contributed by atoms with van der Waals surface area (Å²) < 4.78 is 6.75. The molecule has 2 heterocycles. The fraction of sp³-hybridized carbons (Fsp3) is 0.636. The molecule has 0 aromatic carbocycles. The molecule has 7 nitrogen and oxygen atoms in total. The van der Waals surface area contributed by atoms with Gasteiger partial charge in [0.25, 0.3) is 0 Å². The summed E-state index contributed by atoms with van der Waals surface area (Å²) in [6.07, 6.45) is 2.44. The number of amides is 1. The second-order valence-electron chi connectivity index (χ2n) is 4.32. The van der Waals surface area contributed by atoms with Gasteiger partial charge >= 0.3 is 0 Å². The number of ether oxygens (including phenoxy) is 1. The van der Waals surface area contributed by atoms with Gasteiger partial charge in [-0.25, -0.2) is 4.98 Å². The number of rotatable bonds is 3. The molecule has 0 aliphatic carbocycles. The average molecular weight is 249 g/mol. The molecule has 1 aromatic rings. The molecule has 0 spiro atoms. The average Bonchev–Trinajstić information content (AvgIpc) is 2.82. The maximum absolute atomic E-state index is 12.1. The third-order valence-electron chi connectivity index (χ3n) is 3.05. The first-order valence-electron chi connectivity index (χ1n) is 5.78. The summed E-state index contributed by atoms with van der Waals surface area (Å²) in [5.41, 5.74) is -0.965. The second-order valence-corrected chi connectivity index (χ2v) is 4.32. The predicted molar refractivity (Wildman–Crippen MR) is 60.9 cm³/mol. The van der Waals surface area contributed by atoms with Gasteiger partial charge in [0.05, 0.1) is 12.6 Å². The summed E-state index contributed by atoms with van der Waals surface area (Å²) >= 11 is 0. The highest BCUT2D eigenvalue weighted by atomic mass is 16.5. The molecule has 0 atom stereocenters. The molecule has 1 N–H and O–H groups in total. The number of aromatic nitrogens is 3. The summed E-state index contributed by atoms with van der Waals surface area (Å²) in [4.78, 5) is 16.1. The quantitative estimate of drug-likeness (QED) is 0.797. The fourth-order valence-corrected chi connectivity index (χ4v) is 1.90. The molecule has 1 saturated heterocycles. The molecule has 2 rings (SSSR count). The van der Waals surface area contributed by atoms with Gasteiger partial charge < -0.3 is 10.1 Å².